The van der Waals surface area contributed by atoms with Gasteiger partial charge in [-0.25, -0.2) is 4.39 Å². The summed E-state index contributed by atoms with van der Waals surface area (Å²) < 4.78 is 53.2. The van der Waals surface area contributed by atoms with E-state index in [0.717, 1.165) is 45.1 Å². The fourth-order valence-electron chi connectivity index (χ4n) is 2.95. The maximum atomic E-state index is 14.4. The second-order valence-corrected chi connectivity index (χ2v) is 5.65. The van der Waals surface area contributed by atoms with E-state index in [4.69, 9.17) is 0 Å². The summed E-state index contributed by atoms with van der Waals surface area (Å²) in [6.45, 7) is 5.04. The highest BCUT2D eigenvalue weighted by atomic mass is 19.4. The van der Waals surface area contributed by atoms with Crippen molar-refractivity contribution in [2.75, 3.05) is 26.2 Å². The molecule has 1 atom stereocenters. The summed E-state index contributed by atoms with van der Waals surface area (Å²) >= 11 is 0. The molecule has 2 rings (SSSR count). The van der Waals surface area contributed by atoms with Gasteiger partial charge < -0.3 is 5.32 Å². The minimum absolute atomic E-state index is 0.171. The molecule has 0 aromatic heterocycles. The van der Waals surface area contributed by atoms with Gasteiger partial charge in [0.2, 0.25) is 0 Å². The Morgan fingerprint density at radius 1 is 1.23 bits per heavy atom. The summed E-state index contributed by atoms with van der Waals surface area (Å²) in [6, 6.07) is 3.33. The number of nitrogens with one attached hydrogen (secondary N) is 1. The van der Waals surface area contributed by atoms with Crippen molar-refractivity contribution in [3.63, 3.8) is 0 Å². The highest BCUT2D eigenvalue weighted by Gasteiger charge is 2.36. The Labute approximate surface area is 128 Å². The van der Waals surface area contributed by atoms with Crippen LogP contribution in [0.15, 0.2) is 18.2 Å². The zero-order valence-electron chi connectivity index (χ0n) is 12.7. The number of hydrogen-bond donors (Lipinski definition) is 1. The molecule has 22 heavy (non-hydrogen) atoms. The van der Waals surface area contributed by atoms with Gasteiger partial charge in [0, 0.05) is 37.8 Å². The van der Waals surface area contributed by atoms with Crippen molar-refractivity contribution >= 4 is 0 Å². The zero-order chi connectivity index (χ0) is 16.2. The van der Waals surface area contributed by atoms with Crippen LogP contribution in [0.3, 0.4) is 0 Å². The van der Waals surface area contributed by atoms with Crippen molar-refractivity contribution in [3.05, 3.63) is 35.1 Å². The van der Waals surface area contributed by atoms with Gasteiger partial charge in [0.1, 0.15) is 5.82 Å². The first-order chi connectivity index (χ1) is 10.4. The van der Waals surface area contributed by atoms with E-state index in [1.165, 1.54) is 12.1 Å². The van der Waals surface area contributed by atoms with Crippen LogP contribution in [-0.2, 0) is 6.18 Å². The third kappa shape index (κ3) is 3.98. The van der Waals surface area contributed by atoms with Crippen molar-refractivity contribution in [2.45, 2.75) is 38.4 Å². The molecule has 1 aliphatic heterocycles. The Balaban J connectivity index is 2.34. The second kappa shape index (κ2) is 7.42. The predicted molar refractivity (Wildman–Crippen MR) is 78.1 cm³/mol. The maximum Gasteiger partial charge on any atom is 0.419 e. The largest absolute Gasteiger partial charge is 0.419 e. The van der Waals surface area contributed by atoms with Gasteiger partial charge in [0.25, 0.3) is 0 Å². The van der Waals surface area contributed by atoms with Gasteiger partial charge in [-0.1, -0.05) is 31.9 Å². The fraction of sp³-hybridized carbons (Fsp3) is 0.625. The lowest BCUT2D eigenvalue weighted by atomic mass is 9.96. The van der Waals surface area contributed by atoms with E-state index in [9.17, 15) is 17.6 Å². The summed E-state index contributed by atoms with van der Waals surface area (Å²) in [7, 11) is 0. The van der Waals surface area contributed by atoms with Gasteiger partial charge in [0.15, 0.2) is 0 Å². The first-order valence-electron chi connectivity index (χ1n) is 7.75. The first kappa shape index (κ1) is 17.2. The molecule has 124 valence electrons. The quantitative estimate of drug-likeness (QED) is 0.826. The number of nitrogens with zero attached hydrogens (tertiary/aromatic N) is 1. The fourth-order valence-corrected chi connectivity index (χ4v) is 2.95. The van der Waals surface area contributed by atoms with Crippen LogP contribution in [0.2, 0.25) is 0 Å². The van der Waals surface area contributed by atoms with Gasteiger partial charge in [-0.05, 0) is 12.5 Å². The van der Waals surface area contributed by atoms with Gasteiger partial charge in [-0.3, -0.25) is 4.90 Å². The van der Waals surface area contributed by atoms with E-state index in [1.54, 1.807) is 0 Å². The molecule has 1 aromatic carbocycles. The molecule has 1 N–H and O–H groups in total. The molecule has 1 aliphatic rings. The van der Waals surface area contributed by atoms with Crippen LogP contribution >= 0.6 is 0 Å². The minimum Gasteiger partial charge on any atom is -0.314 e. The number of rotatable bonds is 5. The average Bonchev–Trinajstić information content (AvgIpc) is 2.49. The van der Waals surface area contributed by atoms with Crippen LogP contribution in [0.5, 0.6) is 0 Å². The maximum absolute atomic E-state index is 14.4. The van der Waals surface area contributed by atoms with Gasteiger partial charge in [-0.15, -0.1) is 0 Å². The lowest BCUT2D eigenvalue weighted by molar-refractivity contribution is -0.140. The number of halogens is 4. The van der Waals surface area contributed by atoms with Crippen LogP contribution < -0.4 is 5.32 Å². The molecule has 1 saturated heterocycles. The van der Waals surface area contributed by atoms with E-state index >= 15 is 0 Å². The lowest BCUT2D eigenvalue weighted by Gasteiger charge is -2.35. The Hall–Kier alpha value is -1.14. The molecule has 0 bridgehead atoms. The number of benzene rings is 1. The molecule has 0 aliphatic carbocycles. The highest BCUT2D eigenvalue weighted by molar-refractivity contribution is 5.30. The standard InChI is InChI=1S/C16H22F4N2/c1-2-3-7-14(22-10-8-21-9-11-22)12-5-4-6-13(15(12)17)16(18,19)20/h4-6,14,21H,2-3,7-11H2,1H3/t14-/m0/s1. The molecule has 0 amide bonds. The third-order valence-corrected chi connectivity index (χ3v) is 4.12. The van der Waals surface area contributed by atoms with Gasteiger partial charge in [-0.2, -0.15) is 13.2 Å². The lowest BCUT2D eigenvalue weighted by Crippen LogP contribution is -2.45. The SMILES string of the molecule is CCCC[C@@H](c1cccc(C(F)(F)F)c1F)N1CCNCC1. The number of alkyl halides is 3. The molecule has 1 fully saturated rings. The number of hydrogen-bond acceptors (Lipinski definition) is 2. The van der Waals surface area contributed by atoms with Crippen molar-refractivity contribution in [1.29, 1.82) is 0 Å². The molecule has 0 spiro atoms. The summed E-state index contributed by atoms with van der Waals surface area (Å²) in [5, 5.41) is 3.21. The van der Waals surface area contributed by atoms with Crippen molar-refractivity contribution in [1.82, 2.24) is 10.2 Å². The molecule has 1 heterocycles. The minimum atomic E-state index is -4.65. The van der Waals surface area contributed by atoms with Crippen LogP contribution in [-0.4, -0.2) is 31.1 Å². The van der Waals surface area contributed by atoms with Gasteiger partial charge in [0.05, 0.1) is 5.56 Å². The monoisotopic (exact) mass is 318 g/mol. The van der Waals surface area contributed by atoms with E-state index < -0.39 is 17.6 Å². The first-order valence-corrected chi connectivity index (χ1v) is 7.75. The Morgan fingerprint density at radius 3 is 2.50 bits per heavy atom. The molecule has 2 nitrogen and oxygen atoms in total. The summed E-state index contributed by atoms with van der Waals surface area (Å²) in [5.74, 6) is -1.12. The molecule has 0 saturated carbocycles. The van der Waals surface area contributed by atoms with E-state index in [0.29, 0.717) is 6.42 Å². The van der Waals surface area contributed by atoms with Crippen molar-refractivity contribution in [2.24, 2.45) is 0 Å². The van der Waals surface area contributed by atoms with Crippen LogP contribution in [0.25, 0.3) is 0 Å². The Kier molecular flexibility index (Phi) is 5.81. The average molecular weight is 318 g/mol. The van der Waals surface area contributed by atoms with E-state index in [-0.39, 0.29) is 11.6 Å². The third-order valence-electron chi connectivity index (χ3n) is 4.12. The van der Waals surface area contributed by atoms with Crippen molar-refractivity contribution < 1.29 is 17.6 Å². The topological polar surface area (TPSA) is 15.3 Å². The second-order valence-electron chi connectivity index (χ2n) is 5.65. The van der Waals surface area contributed by atoms with E-state index in [2.05, 4.69) is 10.2 Å². The van der Waals surface area contributed by atoms with E-state index in [1.807, 2.05) is 6.92 Å². The normalized spacial score (nSPS) is 18.4. The van der Waals surface area contributed by atoms with Crippen LogP contribution in [0.1, 0.15) is 43.4 Å². The molecule has 1 aromatic rings. The molecule has 0 unspecified atom stereocenters. The summed E-state index contributed by atoms with van der Waals surface area (Å²) in [4.78, 5) is 2.09. The number of piperazine rings is 1. The summed E-state index contributed by atoms with van der Waals surface area (Å²) in [5.41, 5.74) is -0.994. The Morgan fingerprint density at radius 2 is 1.91 bits per heavy atom. The zero-order valence-corrected chi connectivity index (χ0v) is 12.7. The van der Waals surface area contributed by atoms with Gasteiger partial charge >= 0.3 is 6.18 Å². The van der Waals surface area contributed by atoms with Crippen LogP contribution in [0, 0.1) is 5.82 Å². The molecular weight excluding hydrogens is 296 g/mol. The smallest absolute Gasteiger partial charge is 0.314 e. The highest BCUT2D eigenvalue weighted by Crippen LogP contribution is 2.36. The molecular formula is C16H22F4N2. The predicted octanol–water partition coefficient (Wildman–Crippen LogP) is 3.98. The van der Waals surface area contributed by atoms with Crippen LogP contribution in [0.4, 0.5) is 17.6 Å². The number of unbranched alkanes of at least 4 members (excludes halogenated alkanes) is 1. The summed E-state index contributed by atoms with van der Waals surface area (Å²) in [6.07, 6.45) is -2.18. The molecule has 6 heteroatoms. The molecule has 0 radical (unpaired) electrons. The van der Waals surface area contributed by atoms with Crippen molar-refractivity contribution in [3.8, 4) is 0 Å². The Bertz CT molecular complexity index is 482.